The van der Waals surface area contributed by atoms with Crippen LogP contribution in [0.4, 0.5) is 0 Å². The van der Waals surface area contributed by atoms with Gasteiger partial charge in [-0.1, -0.05) is 6.58 Å². The van der Waals surface area contributed by atoms with Crippen LogP contribution < -0.4 is 0 Å². The number of hydrogen-bond acceptors (Lipinski definition) is 5. The number of carbonyl (C=O) groups is 4. The molecule has 0 aliphatic rings. The zero-order chi connectivity index (χ0) is 15.4. The number of carbonyl (C=O) groups excluding carboxylic acids is 1. The third-order valence-corrected chi connectivity index (χ3v) is 2.27. The Morgan fingerprint density at radius 2 is 1.35 bits per heavy atom. The van der Waals surface area contributed by atoms with E-state index >= 15 is 0 Å². The highest BCUT2D eigenvalue weighted by atomic mass is 16.5. The highest BCUT2D eigenvalue weighted by molar-refractivity contribution is 6.14. The van der Waals surface area contributed by atoms with Crippen molar-refractivity contribution in [3.05, 3.63) is 47.2 Å². The average Bonchev–Trinajstić information content (AvgIpc) is 2.36. The Balaban J connectivity index is 3.73. The smallest absolute Gasteiger partial charge is 0.343 e. The molecule has 0 fully saturated rings. The minimum Gasteiger partial charge on any atom is -0.478 e. The van der Waals surface area contributed by atoms with Crippen molar-refractivity contribution in [1.82, 2.24) is 0 Å². The van der Waals surface area contributed by atoms with E-state index in [2.05, 4.69) is 11.3 Å². The summed E-state index contributed by atoms with van der Waals surface area (Å²) in [5, 5.41) is 26.9. The molecule has 0 saturated carbocycles. The molecule has 0 unspecified atom stereocenters. The van der Waals surface area contributed by atoms with Crippen molar-refractivity contribution in [3.63, 3.8) is 0 Å². The zero-order valence-electron chi connectivity index (χ0n) is 9.82. The summed E-state index contributed by atoms with van der Waals surface area (Å²) >= 11 is 0. The number of ether oxygens (including phenoxy) is 1. The summed E-state index contributed by atoms with van der Waals surface area (Å²) < 4.78 is 4.38. The number of hydrogen-bond donors (Lipinski definition) is 3. The molecule has 8 nitrogen and oxygen atoms in total. The third kappa shape index (κ3) is 2.64. The van der Waals surface area contributed by atoms with Gasteiger partial charge in [0.05, 0.1) is 28.5 Å². The van der Waals surface area contributed by atoms with Crippen molar-refractivity contribution < 1.29 is 39.2 Å². The van der Waals surface area contributed by atoms with Crippen LogP contribution in [0.5, 0.6) is 0 Å². The maximum Gasteiger partial charge on any atom is 0.343 e. The lowest BCUT2D eigenvalue weighted by atomic mass is 9.95. The highest BCUT2D eigenvalue weighted by Crippen LogP contribution is 2.21. The Kier molecular flexibility index (Phi) is 4.21. The molecule has 104 valence electrons. The van der Waals surface area contributed by atoms with Crippen LogP contribution in [0.2, 0.25) is 0 Å². The molecule has 0 saturated heterocycles. The Morgan fingerprint density at radius 1 is 0.900 bits per heavy atom. The van der Waals surface area contributed by atoms with Crippen molar-refractivity contribution >= 4 is 23.9 Å². The van der Waals surface area contributed by atoms with Gasteiger partial charge in [-0.05, 0) is 12.1 Å². The van der Waals surface area contributed by atoms with Gasteiger partial charge in [0.25, 0.3) is 0 Å². The molecule has 1 aromatic rings. The van der Waals surface area contributed by atoms with Crippen LogP contribution in [0.15, 0.2) is 25.0 Å². The molecule has 1 aromatic carbocycles. The van der Waals surface area contributed by atoms with E-state index in [1.54, 1.807) is 0 Å². The molecular formula is C12H8O8. The van der Waals surface area contributed by atoms with Gasteiger partial charge in [-0.2, -0.15) is 0 Å². The number of esters is 1. The SMILES string of the molecule is C=COC(=O)c1ccc(C(=O)O)c(C(=O)O)c1C(=O)O. The molecule has 20 heavy (non-hydrogen) atoms. The molecule has 8 heteroatoms. The Hall–Kier alpha value is -3.16. The van der Waals surface area contributed by atoms with Gasteiger partial charge >= 0.3 is 23.9 Å². The molecule has 0 radical (unpaired) electrons. The summed E-state index contributed by atoms with van der Waals surface area (Å²) in [5.74, 6) is -6.33. The predicted octanol–water partition coefficient (Wildman–Crippen LogP) is 1.08. The van der Waals surface area contributed by atoms with E-state index in [-0.39, 0.29) is 0 Å². The van der Waals surface area contributed by atoms with E-state index in [0.29, 0.717) is 0 Å². The zero-order valence-corrected chi connectivity index (χ0v) is 9.82. The molecule has 3 N–H and O–H groups in total. The Bertz CT molecular complexity index is 629. The lowest BCUT2D eigenvalue weighted by Gasteiger charge is -2.10. The van der Waals surface area contributed by atoms with Gasteiger partial charge in [0.15, 0.2) is 0 Å². The molecule has 1 rings (SSSR count). The molecule has 0 bridgehead atoms. The van der Waals surface area contributed by atoms with E-state index < -0.39 is 46.1 Å². The summed E-state index contributed by atoms with van der Waals surface area (Å²) in [5.41, 5.74) is -3.28. The molecule has 0 aromatic heterocycles. The first-order chi connectivity index (χ1) is 9.31. The number of rotatable bonds is 5. The van der Waals surface area contributed by atoms with Crippen LogP contribution >= 0.6 is 0 Å². The van der Waals surface area contributed by atoms with Gasteiger partial charge < -0.3 is 20.1 Å². The molecule has 0 aliphatic carbocycles. The van der Waals surface area contributed by atoms with Crippen LogP contribution in [0, 0.1) is 0 Å². The number of aromatic carboxylic acids is 3. The number of carboxylic acids is 3. The third-order valence-electron chi connectivity index (χ3n) is 2.27. The van der Waals surface area contributed by atoms with Gasteiger partial charge in [0.1, 0.15) is 0 Å². The second-order valence-electron chi connectivity index (χ2n) is 3.40. The van der Waals surface area contributed by atoms with Gasteiger partial charge in [0, 0.05) is 0 Å². The Labute approximate surface area is 111 Å². The second-order valence-corrected chi connectivity index (χ2v) is 3.40. The summed E-state index contributed by atoms with van der Waals surface area (Å²) in [4.78, 5) is 44.7. The lowest BCUT2D eigenvalue weighted by molar-refractivity contribution is 0.0611. The van der Waals surface area contributed by atoms with E-state index in [4.69, 9.17) is 15.3 Å². The van der Waals surface area contributed by atoms with Crippen molar-refractivity contribution in [1.29, 1.82) is 0 Å². The van der Waals surface area contributed by atoms with Crippen LogP contribution in [0.25, 0.3) is 0 Å². The van der Waals surface area contributed by atoms with Crippen molar-refractivity contribution in [2.75, 3.05) is 0 Å². The summed E-state index contributed by atoms with van der Waals surface area (Å²) in [7, 11) is 0. The average molecular weight is 280 g/mol. The molecular weight excluding hydrogens is 272 g/mol. The lowest BCUT2D eigenvalue weighted by Crippen LogP contribution is -2.19. The fourth-order valence-corrected chi connectivity index (χ4v) is 1.53. The van der Waals surface area contributed by atoms with Crippen LogP contribution in [0.1, 0.15) is 41.4 Å². The molecule has 0 atom stereocenters. The fourth-order valence-electron chi connectivity index (χ4n) is 1.53. The normalized spacial score (nSPS) is 9.60. The van der Waals surface area contributed by atoms with E-state index in [1.165, 1.54) is 0 Å². The van der Waals surface area contributed by atoms with Gasteiger partial charge in [-0.25, -0.2) is 19.2 Å². The maximum absolute atomic E-state index is 11.5. The minimum absolute atomic E-state index is 0.584. The van der Waals surface area contributed by atoms with E-state index in [0.717, 1.165) is 18.4 Å². The van der Waals surface area contributed by atoms with Gasteiger partial charge in [-0.3, -0.25) is 0 Å². The quantitative estimate of drug-likeness (QED) is 0.538. The van der Waals surface area contributed by atoms with Crippen molar-refractivity contribution in [3.8, 4) is 0 Å². The summed E-state index contributed by atoms with van der Waals surface area (Å²) in [6.45, 7) is 3.10. The summed E-state index contributed by atoms with van der Waals surface area (Å²) in [6.07, 6.45) is 0.736. The monoisotopic (exact) mass is 280 g/mol. The summed E-state index contributed by atoms with van der Waals surface area (Å²) in [6, 6.07) is 1.68. The molecule has 0 aliphatic heterocycles. The van der Waals surface area contributed by atoms with E-state index in [1.807, 2.05) is 0 Å². The predicted molar refractivity (Wildman–Crippen MR) is 62.9 cm³/mol. The van der Waals surface area contributed by atoms with Crippen molar-refractivity contribution in [2.45, 2.75) is 0 Å². The maximum atomic E-state index is 11.5. The first-order valence-electron chi connectivity index (χ1n) is 5.00. The van der Waals surface area contributed by atoms with E-state index in [9.17, 15) is 19.2 Å². The number of benzene rings is 1. The largest absolute Gasteiger partial charge is 0.478 e. The standard InChI is InChI=1S/C12H8O8/c1-2-20-12(19)6-4-3-5(9(13)14)7(10(15)16)8(6)11(17)18/h2-4H,1H2,(H,13,14)(H,15,16)(H,17,18). The van der Waals surface area contributed by atoms with Gasteiger partial charge in [0.2, 0.25) is 0 Å². The van der Waals surface area contributed by atoms with Crippen molar-refractivity contribution in [2.24, 2.45) is 0 Å². The van der Waals surface area contributed by atoms with Crippen LogP contribution in [0.3, 0.4) is 0 Å². The molecule has 0 spiro atoms. The molecule has 0 heterocycles. The molecule has 0 amide bonds. The first-order valence-corrected chi connectivity index (χ1v) is 5.00. The fraction of sp³-hybridized carbons (Fsp3) is 0. The van der Waals surface area contributed by atoms with Crippen LogP contribution in [-0.4, -0.2) is 39.2 Å². The number of carboxylic acid groups (broad SMARTS) is 3. The van der Waals surface area contributed by atoms with Gasteiger partial charge in [-0.15, -0.1) is 0 Å². The second kappa shape index (κ2) is 5.65. The topological polar surface area (TPSA) is 138 Å². The Morgan fingerprint density at radius 3 is 1.75 bits per heavy atom. The van der Waals surface area contributed by atoms with Crippen LogP contribution in [-0.2, 0) is 4.74 Å². The minimum atomic E-state index is -1.78. The first kappa shape index (κ1) is 14.9. The highest BCUT2D eigenvalue weighted by Gasteiger charge is 2.29.